The Morgan fingerprint density at radius 2 is 1.88 bits per heavy atom. The van der Waals surface area contributed by atoms with Crippen molar-refractivity contribution in [3.63, 3.8) is 0 Å². The third-order valence-corrected chi connectivity index (χ3v) is 12.7. The number of esters is 1. The molecule has 0 radical (unpaired) electrons. The first-order valence-electron chi connectivity index (χ1n) is 21.1. The number of carbonyl (C=O) groups is 2. The molecule has 11 atom stereocenters. The van der Waals surface area contributed by atoms with Gasteiger partial charge in [-0.3, -0.25) is 9.59 Å². The molecule has 0 amide bonds. The zero-order chi connectivity index (χ0) is 45.1. The first-order valence-corrected chi connectivity index (χ1v) is 21.1. The molecule has 1 fully saturated rings. The van der Waals surface area contributed by atoms with Crippen LogP contribution >= 0.6 is 0 Å². The third kappa shape index (κ3) is 7.17. The molecule has 5 aromatic rings. The second kappa shape index (κ2) is 16.7. The summed E-state index contributed by atoms with van der Waals surface area (Å²) in [5.74, 6) is 5.13. The number of hydrogen-bond acceptors (Lipinski definition) is 15. The van der Waals surface area contributed by atoms with Gasteiger partial charge in [-0.15, -0.1) is 0 Å². The van der Waals surface area contributed by atoms with Crippen LogP contribution < -0.4 is 34.7 Å². The van der Waals surface area contributed by atoms with Gasteiger partial charge in [0.25, 0.3) is 0 Å². The highest BCUT2D eigenvalue weighted by Gasteiger charge is 2.61. The fourth-order valence-corrected chi connectivity index (χ4v) is 9.77. The molecule has 1 saturated heterocycles. The highest BCUT2D eigenvalue weighted by molar-refractivity contribution is 5.90. The van der Waals surface area contributed by atoms with E-state index in [1.165, 1.54) is 12.3 Å². The SMILES string of the molecule is COc1ccc2c3c1OCCC#C[C@H](c1ccccc1)[C@H]1Oc4cc(O[C@@H]5O[C@@]6(C=CN[C@H](N)[C@H]6OC(=O)CC(=O)O)[C@@H](O)[C@H](O)[C@H]5O)cc(Cn5cc6cc[nH]c6c5CO)c4[C@H](O3)[C@H]21. The summed E-state index contributed by atoms with van der Waals surface area (Å²) in [4.78, 5) is 27.3. The zero-order valence-electron chi connectivity index (χ0n) is 34.8. The predicted molar refractivity (Wildman–Crippen MR) is 227 cm³/mol. The molecule has 2 aromatic heterocycles. The molecule has 4 bridgehead atoms. The van der Waals surface area contributed by atoms with Crippen LogP contribution in [0.4, 0.5) is 0 Å². The number of rotatable bonds is 10. The molecular weight excluding hydrogens is 845 g/mol. The van der Waals surface area contributed by atoms with Crippen molar-refractivity contribution in [1.82, 2.24) is 14.9 Å². The Labute approximate surface area is 371 Å². The van der Waals surface area contributed by atoms with Gasteiger partial charge in [-0.2, -0.15) is 0 Å². The number of aliphatic hydroxyl groups is 4. The minimum atomic E-state index is -2.13. The summed E-state index contributed by atoms with van der Waals surface area (Å²) in [7, 11) is 1.56. The average molecular weight is 891 g/mol. The molecule has 10 rings (SSSR count). The zero-order valence-corrected chi connectivity index (χ0v) is 34.8. The molecule has 18 nitrogen and oxygen atoms in total. The number of carboxylic acid groups (broad SMARTS) is 1. The van der Waals surface area contributed by atoms with Gasteiger partial charge in [0.2, 0.25) is 12.0 Å². The van der Waals surface area contributed by atoms with E-state index in [4.69, 9.17) is 38.9 Å². The van der Waals surface area contributed by atoms with E-state index in [1.54, 1.807) is 25.4 Å². The maximum atomic E-state index is 12.7. The maximum Gasteiger partial charge on any atom is 0.317 e. The van der Waals surface area contributed by atoms with Crippen molar-refractivity contribution in [1.29, 1.82) is 0 Å². The Balaban J connectivity index is 1.11. The van der Waals surface area contributed by atoms with Crippen LogP contribution in [0.2, 0.25) is 0 Å². The topological polar surface area (TPSA) is 259 Å². The quantitative estimate of drug-likeness (QED) is 0.0569. The van der Waals surface area contributed by atoms with Crippen LogP contribution in [0.5, 0.6) is 28.7 Å². The lowest BCUT2D eigenvalue weighted by molar-refractivity contribution is -0.321. The Hall–Kier alpha value is -6.72. The maximum absolute atomic E-state index is 12.7. The number of aromatic nitrogens is 2. The Kier molecular flexibility index (Phi) is 10.8. The molecule has 18 heteroatoms. The van der Waals surface area contributed by atoms with E-state index in [9.17, 15) is 35.1 Å². The van der Waals surface area contributed by atoms with E-state index in [-0.39, 0.29) is 25.5 Å². The number of hydrogen-bond donors (Lipinski definition) is 8. The number of aliphatic hydroxyl groups excluding tert-OH is 4. The van der Waals surface area contributed by atoms with Crippen molar-refractivity contribution in [2.24, 2.45) is 5.73 Å². The van der Waals surface area contributed by atoms with Crippen LogP contribution in [0.25, 0.3) is 10.9 Å². The number of aromatic amines is 1. The van der Waals surface area contributed by atoms with Crippen LogP contribution in [0.15, 0.2) is 85.3 Å². The van der Waals surface area contributed by atoms with E-state index >= 15 is 0 Å². The highest BCUT2D eigenvalue weighted by atomic mass is 16.7. The van der Waals surface area contributed by atoms with Crippen LogP contribution in [0.3, 0.4) is 0 Å². The number of carboxylic acids is 1. The molecule has 338 valence electrons. The van der Waals surface area contributed by atoms with E-state index in [0.717, 1.165) is 22.0 Å². The van der Waals surface area contributed by atoms with Gasteiger partial charge in [0, 0.05) is 47.9 Å². The number of nitrogens with one attached hydrogen (secondary N) is 2. The first-order chi connectivity index (χ1) is 31.5. The van der Waals surface area contributed by atoms with Crippen molar-refractivity contribution < 1.29 is 68.3 Å². The summed E-state index contributed by atoms with van der Waals surface area (Å²) >= 11 is 0. The van der Waals surface area contributed by atoms with Crippen molar-refractivity contribution in [3.05, 3.63) is 113 Å². The Bertz CT molecular complexity index is 2740. The molecule has 1 spiro atoms. The highest BCUT2D eigenvalue weighted by Crippen LogP contribution is 2.61. The van der Waals surface area contributed by atoms with Crippen molar-refractivity contribution in [2.75, 3.05) is 13.7 Å². The van der Waals surface area contributed by atoms with Gasteiger partial charge in [0.1, 0.15) is 54.6 Å². The van der Waals surface area contributed by atoms with Crippen molar-refractivity contribution in [3.8, 4) is 40.6 Å². The molecule has 65 heavy (non-hydrogen) atoms. The van der Waals surface area contributed by atoms with Gasteiger partial charge in [0.15, 0.2) is 23.2 Å². The largest absolute Gasteiger partial charge is 0.493 e. The van der Waals surface area contributed by atoms with Crippen LogP contribution in [0.1, 0.15) is 58.7 Å². The van der Waals surface area contributed by atoms with E-state index in [0.29, 0.717) is 46.2 Å². The summed E-state index contributed by atoms with van der Waals surface area (Å²) in [6.45, 7) is 0.151. The van der Waals surface area contributed by atoms with Gasteiger partial charge >= 0.3 is 11.9 Å². The molecular formula is C47H46N4O14. The Morgan fingerprint density at radius 3 is 2.66 bits per heavy atom. The van der Waals surface area contributed by atoms with Crippen molar-refractivity contribution >= 4 is 22.8 Å². The molecule has 7 heterocycles. The van der Waals surface area contributed by atoms with Crippen LogP contribution in [0, 0.1) is 11.8 Å². The number of carbonyl (C=O) groups excluding carboxylic acids is 1. The standard InChI is InChI=1S/C47H46N4O14/c1-59-30-11-10-28-35-39-27(23-7-3-2-4-8-23)9-5-6-16-60-41(30)40(28)64-42(35)34-25(21-51-20-24-12-14-49-36(24)29(51)22-52)17-26(18-31(34)62-39)61-46-38(57)37(56)43(58)47(65-46)13-15-50-45(48)44(47)63-33(55)19-32(53)54/h2-4,7-8,10-15,17-18,20,27,35,37-39,42-46,49-50,52,56-58H,6,16,19,21-22,48H2,1H3,(H,53,54)/t27-,35-,37-,38-,39-,42+,43+,44-,45+,46-,47+/m1/s1. The van der Waals surface area contributed by atoms with Crippen molar-refractivity contribution in [2.45, 2.75) is 92.5 Å². The second-order valence-corrected chi connectivity index (χ2v) is 16.5. The molecule has 5 aliphatic heterocycles. The van der Waals surface area contributed by atoms with Crippen LogP contribution in [-0.2, 0) is 32.2 Å². The fraction of sp³-hybridized carbons (Fsp3) is 0.362. The predicted octanol–water partition coefficient (Wildman–Crippen LogP) is 2.41. The minimum absolute atomic E-state index is 0.0910. The summed E-state index contributed by atoms with van der Waals surface area (Å²) in [6, 6.07) is 18.9. The van der Waals surface area contributed by atoms with E-state index < -0.39 is 84.9 Å². The molecule has 0 unspecified atom stereocenters. The first kappa shape index (κ1) is 42.2. The molecule has 0 aliphatic carbocycles. The summed E-state index contributed by atoms with van der Waals surface area (Å²) < 4.78 is 46.5. The van der Waals surface area contributed by atoms with Gasteiger partial charge in [-0.1, -0.05) is 48.2 Å². The smallest absolute Gasteiger partial charge is 0.317 e. The molecule has 3 aromatic carbocycles. The normalized spacial score (nSPS) is 29.4. The average Bonchev–Trinajstić information content (AvgIpc) is 4.00. The monoisotopic (exact) mass is 890 g/mol. The van der Waals surface area contributed by atoms with Gasteiger partial charge < -0.3 is 79.3 Å². The van der Waals surface area contributed by atoms with Gasteiger partial charge in [-0.25, -0.2) is 0 Å². The lowest BCUT2D eigenvalue weighted by Gasteiger charge is -2.52. The summed E-state index contributed by atoms with van der Waals surface area (Å²) in [5, 5.41) is 57.9. The fourth-order valence-electron chi connectivity index (χ4n) is 9.77. The molecule has 9 N–H and O–H groups in total. The number of nitrogens with two attached hydrogens (primary N) is 1. The minimum Gasteiger partial charge on any atom is -0.493 e. The van der Waals surface area contributed by atoms with Gasteiger partial charge in [0.05, 0.1) is 43.4 Å². The number of aliphatic carboxylic acids is 1. The number of nitrogens with zero attached hydrogens (tertiary/aromatic N) is 1. The number of fused-ring (bicyclic) bond motifs is 3. The molecule has 0 saturated carbocycles. The number of ether oxygens (including phenoxy) is 7. The van der Waals surface area contributed by atoms with Crippen LogP contribution in [-0.4, -0.2) is 109 Å². The van der Waals surface area contributed by atoms with Gasteiger partial charge in [-0.05, 0) is 41.6 Å². The van der Waals surface area contributed by atoms with E-state index in [1.807, 2.05) is 59.3 Å². The lowest BCUT2D eigenvalue weighted by atomic mass is 9.76. The molecule has 5 aliphatic rings. The summed E-state index contributed by atoms with van der Waals surface area (Å²) in [6.07, 6.45) is -6.01. The lowest BCUT2D eigenvalue weighted by Crippen LogP contribution is -2.74. The number of benzene rings is 3. The number of methoxy groups -OCH3 is 1. The van der Waals surface area contributed by atoms with E-state index in [2.05, 4.69) is 22.1 Å². The Morgan fingerprint density at radius 1 is 1.05 bits per heavy atom. The summed E-state index contributed by atoms with van der Waals surface area (Å²) in [5.41, 5.74) is 8.56. The third-order valence-electron chi connectivity index (χ3n) is 12.7. The number of H-pyrrole nitrogens is 1. The second-order valence-electron chi connectivity index (χ2n) is 16.5.